The summed E-state index contributed by atoms with van der Waals surface area (Å²) < 4.78 is 11.1. The van der Waals surface area contributed by atoms with Crippen LogP contribution in [-0.2, 0) is 6.42 Å². The molecule has 5 heteroatoms. The minimum Gasteiger partial charge on any atom is -0.477 e. The molecular weight excluding hydrogens is 260 g/mol. The van der Waals surface area contributed by atoms with E-state index in [0.29, 0.717) is 30.7 Å². The molecule has 0 saturated heterocycles. The van der Waals surface area contributed by atoms with Gasteiger partial charge in [-0.1, -0.05) is 13.0 Å². The van der Waals surface area contributed by atoms with Gasteiger partial charge in [-0.2, -0.15) is 4.98 Å². The summed E-state index contributed by atoms with van der Waals surface area (Å²) in [6, 6.07) is 7.67. The average Bonchev–Trinajstić information content (AvgIpc) is 2.92. The molecule has 2 aromatic rings. The SMILES string of the molecule is CCCOc1nc(OCCc2cccs2)ccc1N. The third kappa shape index (κ3) is 4.13. The third-order valence-corrected chi connectivity index (χ3v) is 3.42. The predicted molar refractivity (Wildman–Crippen MR) is 78.0 cm³/mol. The van der Waals surface area contributed by atoms with Crippen LogP contribution in [0.5, 0.6) is 11.8 Å². The Morgan fingerprint density at radius 1 is 1.21 bits per heavy atom. The topological polar surface area (TPSA) is 57.4 Å². The van der Waals surface area contributed by atoms with E-state index in [1.165, 1.54) is 4.88 Å². The Balaban J connectivity index is 1.89. The molecule has 2 aromatic heterocycles. The van der Waals surface area contributed by atoms with Gasteiger partial charge in [0.05, 0.1) is 18.9 Å². The summed E-state index contributed by atoms with van der Waals surface area (Å²) in [5, 5.41) is 2.06. The van der Waals surface area contributed by atoms with Gasteiger partial charge in [-0.3, -0.25) is 0 Å². The fraction of sp³-hybridized carbons (Fsp3) is 0.357. The maximum Gasteiger partial charge on any atom is 0.240 e. The lowest BCUT2D eigenvalue weighted by Gasteiger charge is -2.09. The van der Waals surface area contributed by atoms with Gasteiger partial charge < -0.3 is 15.2 Å². The van der Waals surface area contributed by atoms with Crippen LogP contribution in [0.4, 0.5) is 5.69 Å². The second-order valence-corrected chi connectivity index (χ2v) is 5.10. The molecule has 4 nitrogen and oxygen atoms in total. The molecule has 2 N–H and O–H groups in total. The van der Waals surface area contributed by atoms with Crippen LogP contribution in [0.2, 0.25) is 0 Å². The number of anilines is 1. The number of pyridine rings is 1. The van der Waals surface area contributed by atoms with Crippen molar-refractivity contribution < 1.29 is 9.47 Å². The molecule has 0 aromatic carbocycles. The Kier molecular flexibility index (Phi) is 5.03. The van der Waals surface area contributed by atoms with Gasteiger partial charge in [0.25, 0.3) is 0 Å². The monoisotopic (exact) mass is 278 g/mol. The summed E-state index contributed by atoms with van der Waals surface area (Å²) in [5.74, 6) is 1.01. The van der Waals surface area contributed by atoms with Crippen LogP contribution < -0.4 is 15.2 Å². The van der Waals surface area contributed by atoms with Crippen molar-refractivity contribution in [1.82, 2.24) is 4.98 Å². The van der Waals surface area contributed by atoms with Crippen molar-refractivity contribution in [3.63, 3.8) is 0 Å². The zero-order valence-electron chi connectivity index (χ0n) is 11.0. The largest absolute Gasteiger partial charge is 0.477 e. The van der Waals surface area contributed by atoms with Gasteiger partial charge in [-0.25, -0.2) is 0 Å². The molecule has 0 unspecified atom stereocenters. The second-order valence-electron chi connectivity index (χ2n) is 4.07. The first kappa shape index (κ1) is 13.7. The zero-order valence-corrected chi connectivity index (χ0v) is 11.8. The molecule has 0 fully saturated rings. The molecule has 0 aliphatic rings. The van der Waals surface area contributed by atoms with Crippen LogP contribution in [0, 0.1) is 0 Å². The van der Waals surface area contributed by atoms with Crippen molar-refractivity contribution in [3.05, 3.63) is 34.5 Å². The van der Waals surface area contributed by atoms with Gasteiger partial charge in [-0.15, -0.1) is 11.3 Å². The van der Waals surface area contributed by atoms with E-state index in [-0.39, 0.29) is 0 Å². The molecule has 19 heavy (non-hydrogen) atoms. The Morgan fingerprint density at radius 3 is 2.84 bits per heavy atom. The van der Waals surface area contributed by atoms with E-state index >= 15 is 0 Å². The van der Waals surface area contributed by atoms with Gasteiger partial charge >= 0.3 is 0 Å². The molecule has 0 atom stereocenters. The molecule has 0 aliphatic carbocycles. The molecule has 2 rings (SSSR count). The van der Waals surface area contributed by atoms with Crippen LogP contribution in [0.15, 0.2) is 29.6 Å². The fourth-order valence-corrected chi connectivity index (χ4v) is 2.23. The molecule has 102 valence electrons. The van der Waals surface area contributed by atoms with Crippen molar-refractivity contribution in [2.45, 2.75) is 19.8 Å². The first-order valence-electron chi connectivity index (χ1n) is 6.34. The number of nitrogens with two attached hydrogens (primary N) is 1. The lowest BCUT2D eigenvalue weighted by atomic mass is 10.3. The molecular formula is C14H18N2O2S. The maximum absolute atomic E-state index is 5.79. The summed E-state index contributed by atoms with van der Waals surface area (Å²) in [5.41, 5.74) is 6.34. The first-order valence-corrected chi connectivity index (χ1v) is 7.22. The normalized spacial score (nSPS) is 10.4. The number of hydrogen-bond donors (Lipinski definition) is 1. The standard InChI is InChI=1S/C14H18N2O2S/c1-2-8-18-14-12(15)5-6-13(16-14)17-9-7-11-4-3-10-19-11/h3-6,10H,2,7-9,15H2,1H3. The molecule has 0 spiro atoms. The molecule has 0 amide bonds. The van der Waals surface area contributed by atoms with Crippen LogP contribution in [0.25, 0.3) is 0 Å². The Morgan fingerprint density at radius 2 is 2.11 bits per heavy atom. The van der Waals surface area contributed by atoms with E-state index in [1.54, 1.807) is 23.5 Å². The smallest absolute Gasteiger partial charge is 0.240 e. The van der Waals surface area contributed by atoms with Crippen molar-refractivity contribution in [3.8, 4) is 11.8 Å². The van der Waals surface area contributed by atoms with Crippen molar-refractivity contribution >= 4 is 17.0 Å². The van der Waals surface area contributed by atoms with Crippen LogP contribution >= 0.6 is 11.3 Å². The minimum atomic E-state index is 0.454. The number of nitrogen functional groups attached to an aromatic ring is 1. The van der Waals surface area contributed by atoms with E-state index < -0.39 is 0 Å². The summed E-state index contributed by atoms with van der Waals surface area (Å²) in [4.78, 5) is 5.57. The van der Waals surface area contributed by atoms with E-state index in [2.05, 4.69) is 16.4 Å². The van der Waals surface area contributed by atoms with Crippen molar-refractivity contribution in [1.29, 1.82) is 0 Å². The molecule has 0 saturated carbocycles. The first-order chi connectivity index (χ1) is 9.29. The molecule has 0 aliphatic heterocycles. The van der Waals surface area contributed by atoms with Crippen LogP contribution in [0.3, 0.4) is 0 Å². The van der Waals surface area contributed by atoms with E-state index in [4.69, 9.17) is 15.2 Å². The zero-order chi connectivity index (χ0) is 13.5. The van der Waals surface area contributed by atoms with Gasteiger partial charge in [-0.05, 0) is 23.9 Å². The average molecular weight is 278 g/mol. The lowest BCUT2D eigenvalue weighted by molar-refractivity contribution is 0.283. The Bertz CT molecular complexity index is 500. The van der Waals surface area contributed by atoms with E-state index in [9.17, 15) is 0 Å². The highest BCUT2D eigenvalue weighted by Gasteiger charge is 2.05. The van der Waals surface area contributed by atoms with Gasteiger partial charge in [0, 0.05) is 17.4 Å². The van der Waals surface area contributed by atoms with Gasteiger partial charge in [0.15, 0.2) is 0 Å². The van der Waals surface area contributed by atoms with E-state index in [1.807, 2.05) is 13.0 Å². The summed E-state index contributed by atoms with van der Waals surface area (Å²) in [6.07, 6.45) is 1.81. The Labute approximate surface area is 117 Å². The van der Waals surface area contributed by atoms with Crippen molar-refractivity contribution in [2.75, 3.05) is 18.9 Å². The minimum absolute atomic E-state index is 0.454. The fourth-order valence-electron chi connectivity index (χ4n) is 1.54. The number of hydrogen-bond acceptors (Lipinski definition) is 5. The number of aromatic nitrogens is 1. The highest BCUT2D eigenvalue weighted by molar-refractivity contribution is 7.09. The number of thiophene rings is 1. The van der Waals surface area contributed by atoms with E-state index in [0.717, 1.165) is 12.8 Å². The summed E-state index contributed by atoms with van der Waals surface area (Å²) in [6.45, 7) is 3.25. The van der Waals surface area contributed by atoms with Gasteiger partial charge in [0.1, 0.15) is 0 Å². The van der Waals surface area contributed by atoms with Crippen LogP contribution in [-0.4, -0.2) is 18.2 Å². The Hall–Kier alpha value is -1.75. The number of rotatable bonds is 7. The lowest BCUT2D eigenvalue weighted by Crippen LogP contribution is -2.05. The summed E-state index contributed by atoms with van der Waals surface area (Å²) >= 11 is 1.73. The summed E-state index contributed by atoms with van der Waals surface area (Å²) in [7, 11) is 0. The quantitative estimate of drug-likeness (QED) is 0.845. The third-order valence-electron chi connectivity index (χ3n) is 2.49. The second kappa shape index (κ2) is 6.99. The number of ether oxygens (including phenoxy) is 2. The maximum atomic E-state index is 5.79. The molecule has 2 heterocycles. The highest BCUT2D eigenvalue weighted by Crippen LogP contribution is 2.22. The number of nitrogens with zero attached hydrogens (tertiary/aromatic N) is 1. The predicted octanol–water partition coefficient (Wildman–Crippen LogP) is 3.14. The van der Waals surface area contributed by atoms with Gasteiger partial charge in [0.2, 0.25) is 11.8 Å². The van der Waals surface area contributed by atoms with Crippen molar-refractivity contribution in [2.24, 2.45) is 0 Å². The molecule has 0 radical (unpaired) electrons. The van der Waals surface area contributed by atoms with Crippen LogP contribution in [0.1, 0.15) is 18.2 Å². The highest BCUT2D eigenvalue weighted by atomic mass is 32.1. The molecule has 0 bridgehead atoms.